The standard InChI is InChI=1S/C14H19F2N/c1-2-17-13(12-8-4-3-5-9-12)10-6-7-11-14(13,15)16/h3-5,8-9,17H,2,6-7,10-11H2,1H3/t13-/m1/s1. The number of hydrogen-bond acceptors (Lipinski definition) is 1. The van der Waals surface area contributed by atoms with Crippen LogP contribution in [0.1, 0.15) is 38.2 Å². The zero-order valence-corrected chi connectivity index (χ0v) is 10.2. The summed E-state index contributed by atoms with van der Waals surface area (Å²) in [6.45, 7) is 2.44. The molecular formula is C14H19F2N. The number of hydrogen-bond donors (Lipinski definition) is 1. The summed E-state index contributed by atoms with van der Waals surface area (Å²) in [4.78, 5) is 0. The third-order valence-corrected chi connectivity index (χ3v) is 3.66. The third-order valence-electron chi connectivity index (χ3n) is 3.66. The monoisotopic (exact) mass is 239 g/mol. The van der Waals surface area contributed by atoms with E-state index in [4.69, 9.17) is 0 Å². The minimum Gasteiger partial charge on any atom is -0.303 e. The second kappa shape index (κ2) is 4.73. The highest BCUT2D eigenvalue weighted by Crippen LogP contribution is 2.47. The van der Waals surface area contributed by atoms with Crippen molar-refractivity contribution in [1.29, 1.82) is 0 Å². The van der Waals surface area contributed by atoms with Gasteiger partial charge in [0.25, 0.3) is 5.92 Å². The van der Waals surface area contributed by atoms with Crippen molar-refractivity contribution in [2.75, 3.05) is 6.54 Å². The van der Waals surface area contributed by atoms with Crippen molar-refractivity contribution in [2.45, 2.75) is 44.1 Å². The molecule has 1 fully saturated rings. The molecule has 1 nitrogen and oxygen atoms in total. The van der Waals surface area contributed by atoms with Crippen molar-refractivity contribution in [1.82, 2.24) is 5.32 Å². The molecule has 0 amide bonds. The van der Waals surface area contributed by atoms with Crippen molar-refractivity contribution in [3.8, 4) is 0 Å². The molecule has 0 spiro atoms. The van der Waals surface area contributed by atoms with E-state index in [0.29, 0.717) is 24.9 Å². The van der Waals surface area contributed by atoms with E-state index in [9.17, 15) is 8.78 Å². The minimum atomic E-state index is -2.66. The summed E-state index contributed by atoms with van der Waals surface area (Å²) in [6.07, 6.45) is 1.97. The Balaban J connectivity index is 2.44. The first kappa shape index (κ1) is 12.5. The molecule has 2 rings (SSSR count). The smallest absolute Gasteiger partial charge is 0.270 e. The maximum absolute atomic E-state index is 14.3. The van der Waals surface area contributed by atoms with Crippen LogP contribution in [0.2, 0.25) is 0 Å². The first-order chi connectivity index (χ1) is 8.12. The molecule has 3 heteroatoms. The third kappa shape index (κ3) is 2.08. The van der Waals surface area contributed by atoms with Crippen LogP contribution in [-0.4, -0.2) is 12.5 Å². The fourth-order valence-electron chi connectivity index (χ4n) is 2.83. The molecule has 1 saturated carbocycles. The van der Waals surface area contributed by atoms with Crippen LogP contribution in [0.15, 0.2) is 30.3 Å². The van der Waals surface area contributed by atoms with E-state index in [1.807, 2.05) is 37.3 Å². The van der Waals surface area contributed by atoms with Gasteiger partial charge in [-0.15, -0.1) is 0 Å². The summed E-state index contributed by atoms with van der Waals surface area (Å²) >= 11 is 0. The number of nitrogens with one attached hydrogen (secondary N) is 1. The zero-order chi connectivity index (χ0) is 12.4. The van der Waals surface area contributed by atoms with E-state index >= 15 is 0 Å². The van der Waals surface area contributed by atoms with Crippen molar-refractivity contribution >= 4 is 0 Å². The Morgan fingerprint density at radius 1 is 1.12 bits per heavy atom. The molecule has 0 saturated heterocycles. The van der Waals surface area contributed by atoms with Gasteiger partial charge >= 0.3 is 0 Å². The molecule has 0 radical (unpaired) electrons. The van der Waals surface area contributed by atoms with Crippen LogP contribution < -0.4 is 5.32 Å². The Morgan fingerprint density at radius 3 is 2.35 bits per heavy atom. The molecule has 1 aromatic rings. The van der Waals surface area contributed by atoms with Gasteiger partial charge in [0.2, 0.25) is 0 Å². The van der Waals surface area contributed by atoms with E-state index < -0.39 is 11.5 Å². The van der Waals surface area contributed by atoms with Gasteiger partial charge in [0.1, 0.15) is 5.54 Å². The maximum Gasteiger partial charge on any atom is 0.270 e. The average Bonchev–Trinajstić information content (AvgIpc) is 2.33. The van der Waals surface area contributed by atoms with Crippen molar-refractivity contribution in [3.63, 3.8) is 0 Å². The van der Waals surface area contributed by atoms with Crippen LogP contribution in [-0.2, 0) is 5.54 Å². The van der Waals surface area contributed by atoms with Gasteiger partial charge in [0, 0.05) is 6.42 Å². The van der Waals surface area contributed by atoms with Crippen LogP contribution >= 0.6 is 0 Å². The quantitative estimate of drug-likeness (QED) is 0.848. The number of alkyl halides is 2. The highest BCUT2D eigenvalue weighted by molar-refractivity contribution is 5.28. The van der Waals surface area contributed by atoms with E-state index in [0.717, 1.165) is 6.42 Å². The van der Waals surface area contributed by atoms with E-state index in [2.05, 4.69) is 5.32 Å². The summed E-state index contributed by atoms with van der Waals surface area (Å²) in [6, 6.07) is 9.14. The van der Waals surface area contributed by atoms with Gasteiger partial charge in [-0.2, -0.15) is 0 Å². The van der Waals surface area contributed by atoms with E-state index in [1.165, 1.54) is 0 Å². The predicted molar refractivity (Wildman–Crippen MR) is 65.2 cm³/mol. The largest absolute Gasteiger partial charge is 0.303 e. The molecule has 0 heterocycles. The molecule has 1 N–H and O–H groups in total. The normalized spacial score (nSPS) is 27.9. The average molecular weight is 239 g/mol. The molecule has 1 aliphatic rings. The molecule has 0 bridgehead atoms. The van der Waals surface area contributed by atoms with Gasteiger partial charge in [-0.05, 0) is 24.9 Å². The maximum atomic E-state index is 14.3. The van der Waals surface area contributed by atoms with Crippen LogP contribution in [0.4, 0.5) is 8.78 Å². The fourth-order valence-corrected chi connectivity index (χ4v) is 2.83. The van der Waals surface area contributed by atoms with Crippen LogP contribution in [0.25, 0.3) is 0 Å². The molecule has 1 atom stereocenters. The van der Waals surface area contributed by atoms with Crippen LogP contribution in [0, 0.1) is 0 Å². The SMILES string of the molecule is CCN[C@@]1(c2ccccc2)CCCCC1(F)F. The molecule has 0 unspecified atom stereocenters. The van der Waals surface area contributed by atoms with Crippen LogP contribution in [0.5, 0.6) is 0 Å². The summed E-state index contributed by atoms with van der Waals surface area (Å²) in [5, 5.41) is 3.05. The second-order valence-corrected chi connectivity index (χ2v) is 4.71. The molecular weight excluding hydrogens is 220 g/mol. The Bertz CT molecular complexity index is 360. The van der Waals surface area contributed by atoms with Gasteiger partial charge in [0.15, 0.2) is 0 Å². The summed E-state index contributed by atoms with van der Waals surface area (Å²) in [7, 11) is 0. The summed E-state index contributed by atoms with van der Waals surface area (Å²) in [5.41, 5.74) is -0.451. The van der Waals surface area contributed by atoms with E-state index in [-0.39, 0.29) is 6.42 Å². The van der Waals surface area contributed by atoms with Gasteiger partial charge in [-0.25, -0.2) is 8.78 Å². The predicted octanol–water partition coefficient (Wildman–Crippen LogP) is 3.70. The minimum absolute atomic E-state index is 0.0190. The van der Waals surface area contributed by atoms with Crippen molar-refractivity contribution in [3.05, 3.63) is 35.9 Å². The number of halogens is 2. The number of rotatable bonds is 3. The summed E-state index contributed by atoms with van der Waals surface area (Å²) in [5.74, 6) is -2.66. The van der Waals surface area contributed by atoms with Gasteiger partial charge in [-0.1, -0.05) is 43.7 Å². The molecule has 1 aromatic carbocycles. The van der Waals surface area contributed by atoms with Gasteiger partial charge < -0.3 is 5.32 Å². The van der Waals surface area contributed by atoms with Gasteiger partial charge in [0.05, 0.1) is 0 Å². The fraction of sp³-hybridized carbons (Fsp3) is 0.571. The Morgan fingerprint density at radius 2 is 1.76 bits per heavy atom. The zero-order valence-electron chi connectivity index (χ0n) is 10.2. The second-order valence-electron chi connectivity index (χ2n) is 4.71. The topological polar surface area (TPSA) is 12.0 Å². The molecule has 17 heavy (non-hydrogen) atoms. The first-order valence-electron chi connectivity index (χ1n) is 6.31. The van der Waals surface area contributed by atoms with Crippen molar-refractivity contribution in [2.24, 2.45) is 0 Å². The molecule has 0 aromatic heterocycles. The number of benzene rings is 1. The van der Waals surface area contributed by atoms with E-state index in [1.54, 1.807) is 0 Å². The Hall–Kier alpha value is -0.960. The van der Waals surface area contributed by atoms with Gasteiger partial charge in [-0.3, -0.25) is 0 Å². The molecule has 1 aliphatic carbocycles. The Kier molecular flexibility index (Phi) is 3.48. The Labute approximate surface area is 101 Å². The summed E-state index contributed by atoms with van der Waals surface area (Å²) < 4.78 is 28.7. The van der Waals surface area contributed by atoms with Crippen LogP contribution in [0.3, 0.4) is 0 Å². The lowest BCUT2D eigenvalue weighted by Crippen LogP contribution is -2.57. The molecule has 94 valence electrons. The lowest BCUT2D eigenvalue weighted by atomic mass is 9.73. The first-order valence-corrected chi connectivity index (χ1v) is 6.31. The highest BCUT2D eigenvalue weighted by atomic mass is 19.3. The lowest BCUT2D eigenvalue weighted by molar-refractivity contribution is -0.121. The highest BCUT2D eigenvalue weighted by Gasteiger charge is 2.55. The lowest BCUT2D eigenvalue weighted by Gasteiger charge is -2.45. The van der Waals surface area contributed by atoms with Crippen molar-refractivity contribution < 1.29 is 8.78 Å². The molecule has 0 aliphatic heterocycles.